The Morgan fingerprint density at radius 3 is 2.87 bits per heavy atom. The minimum Gasteiger partial charge on any atom is -0.465 e. The van der Waals surface area contributed by atoms with Crippen molar-refractivity contribution in [1.29, 1.82) is 5.26 Å². The lowest BCUT2D eigenvalue weighted by molar-refractivity contribution is -0.146. The van der Waals surface area contributed by atoms with Crippen LogP contribution >= 0.6 is 0 Å². The summed E-state index contributed by atoms with van der Waals surface area (Å²) in [6, 6.07) is 7.31. The molecular formula is C17H22N2O4. The topological polar surface area (TPSA) is 80.6 Å². The van der Waals surface area contributed by atoms with E-state index < -0.39 is 6.04 Å². The second-order valence-electron chi connectivity index (χ2n) is 5.24. The molecule has 2 atom stereocenters. The third-order valence-corrected chi connectivity index (χ3v) is 3.73. The molecule has 6 heteroatoms. The molecule has 0 aromatic heterocycles. The number of fused-ring (bicyclic) bond motifs is 1. The summed E-state index contributed by atoms with van der Waals surface area (Å²) in [6.45, 7) is 4.37. The Kier molecular flexibility index (Phi) is 6.24. The van der Waals surface area contributed by atoms with Crippen LogP contribution in [0.15, 0.2) is 18.2 Å². The number of esters is 1. The second-order valence-corrected chi connectivity index (χ2v) is 5.24. The maximum Gasteiger partial charge on any atom is 0.323 e. The summed E-state index contributed by atoms with van der Waals surface area (Å²) < 4.78 is 15.8. The molecule has 1 aliphatic rings. The molecule has 6 nitrogen and oxygen atoms in total. The Morgan fingerprint density at radius 1 is 1.39 bits per heavy atom. The van der Waals surface area contributed by atoms with Crippen LogP contribution in [0.4, 0.5) is 0 Å². The number of nitrogens with one attached hydrogen (secondary N) is 1. The SMILES string of the molecule is CCOC(=O)[C@H](CCC#N)NC(CC)c1ccc2c(c1)OCO2. The van der Waals surface area contributed by atoms with Gasteiger partial charge >= 0.3 is 5.97 Å². The van der Waals surface area contributed by atoms with Gasteiger partial charge in [0.2, 0.25) is 6.79 Å². The van der Waals surface area contributed by atoms with E-state index >= 15 is 0 Å². The van der Waals surface area contributed by atoms with Crippen LogP contribution in [0, 0.1) is 11.3 Å². The van der Waals surface area contributed by atoms with E-state index in [4.69, 9.17) is 19.5 Å². The van der Waals surface area contributed by atoms with E-state index in [2.05, 4.69) is 11.4 Å². The van der Waals surface area contributed by atoms with Crippen LogP contribution < -0.4 is 14.8 Å². The van der Waals surface area contributed by atoms with Gasteiger partial charge in [0.15, 0.2) is 11.5 Å². The van der Waals surface area contributed by atoms with E-state index in [0.29, 0.717) is 25.2 Å². The normalized spacial score (nSPS) is 14.8. The fraction of sp³-hybridized carbons (Fsp3) is 0.529. The molecule has 23 heavy (non-hydrogen) atoms. The average molecular weight is 318 g/mol. The smallest absolute Gasteiger partial charge is 0.323 e. The molecule has 1 aromatic rings. The van der Waals surface area contributed by atoms with Crippen molar-refractivity contribution >= 4 is 5.97 Å². The Morgan fingerprint density at radius 2 is 2.17 bits per heavy atom. The first-order valence-electron chi connectivity index (χ1n) is 7.88. The van der Waals surface area contributed by atoms with Gasteiger partial charge in [-0.15, -0.1) is 0 Å². The van der Waals surface area contributed by atoms with E-state index in [1.807, 2.05) is 25.1 Å². The number of hydrogen-bond acceptors (Lipinski definition) is 6. The average Bonchev–Trinajstić information content (AvgIpc) is 3.03. The maximum absolute atomic E-state index is 12.1. The van der Waals surface area contributed by atoms with Crippen molar-refractivity contribution in [2.75, 3.05) is 13.4 Å². The van der Waals surface area contributed by atoms with Crippen LogP contribution in [-0.4, -0.2) is 25.4 Å². The third-order valence-electron chi connectivity index (χ3n) is 3.73. The van der Waals surface area contributed by atoms with Gasteiger partial charge < -0.3 is 14.2 Å². The molecule has 1 heterocycles. The van der Waals surface area contributed by atoms with Gasteiger partial charge in [-0.25, -0.2) is 0 Å². The van der Waals surface area contributed by atoms with Crippen molar-refractivity contribution in [3.05, 3.63) is 23.8 Å². The zero-order chi connectivity index (χ0) is 16.7. The summed E-state index contributed by atoms with van der Waals surface area (Å²) in [5, 5.41) is 12.1. The number of carbonyl (C=O) groups is 1. The molecule has 0 bridgehead atoms. The van der Waals surface area contributed by atoms with Gasteiger partial charge in [-0.05, 0) is 37.5 Å². The highest BCUT2D eigenvalue weighted by Gasteiger charge is 2.24. The summed E-state index contributed by atoms with van der Waals surface area (Å²) in [5.41, 5.74) is 1.02. The molecule has 0 saturated heterocycles. The van der Waals surface area contributed by atoms with Gasteiger partial charge in [0, 0.05) is 12.5 Å². The Labute approximate surface area is 136 Å². The molecule has 0 aliphatic carbocycles. The second kappa shape index (κ2) is 8.39. The highest BCUT2D eigenvalue weighted by molar-refractivity contribution is 5.75. The van der Waals surface area contributed by atoms with Crippen LogP contribution in [0.2, 0.25) is 0 Å². The van der Waals surface area contributed by atoms with Gasteiger partial charge in [-0.3, -0.25) is 10.1 Å². The number of ether oxygens (including phenoxy) is 3. The van der Waals surface area contributed by atoms with Crippen LogP contribution in [-0.2, 0) is 9.53 Å². The van der Waals surface area contributed by atoms with E-state index in [1.165, 1.54) is 0 Å². The number of hydrogen-bond donors (Lipinski definition) is 1. The van der Waals surface area contributed by atoms with E-state index in [-0.39, 0.29) is 18.8 Å². The quantitative estimate of drug-likeness (QED) is 0.742. The van der Waals surface area contributed by atoms with Crippen LogP contribution in [0.1, 0.15) is 44.7 Å². The first-order valence-corrected chi connectivity index (χ1v) is 7.88. The lowest BCUT2D eigenvalue weighted by atomic mass is 10.0. The lowest BCUT2D eigenvalue weighted by Crippen LogP contribution is -2.40. The summed E-state index contributed by atoms with van der Waals surface area (Å²) in [6.07, 6.45) is 1.52. The molecule has 1 aliphatic heterocycles. The monoisotopic (exact) mass is 318 g/mol. The van der Waals surface area contributed by atoms with Crippen LogP contribution in [0.3, 0.4) is 0 Å². The highest BCUT2D eigenvalue weighted by Crippen LogP contribution is 2.34. The number of nitrogens with zero attached hydrogens (tertiary/aromatic N) is 1. The van der Waals surface area contributed by atoms with Crippen LogP contribution in [0.25, 0.3) is 0 Å². The molecule has 0 radical (unpaired) electrons. The Bertz CT molecular complexity index is 582. The minimum atomic E-state index is -0.495. The fourth-order valence-electron chi connectivity index (χ4n) is 2.54. The molecule has 124 valence electrons. The lowest BCUT2D eigenvalue weighted by Gasteiger charge is -2.24. The largest absolute Gasteiger partial charge is 0.465 e. The number of nitriles is 1. The van der Waals surface area contributed by atoms with Gasteiger partial charge in [0.05, 0.1) is 12.7 Å². The standard InChI is InChI=1S/C17H22N2O4/c1-3-13(12-7-8-15-16(10-12)23-11-22-15)19-14(6-5-9-18)17(20)21-4-2/h7-8,10,13-14,19H,3-6,11H2,1-2H3/t13?,14-/m0/s1. The fourth-order valence-corrected chi connectivity index (χ4v) is 2.54. The van der Waals surface area contributed by atoms with Crippen molar-refractivity contribution < 1.29 is 19.0 Å². The zero-order valence-electron chi connectivity index (χ0n) is 13.5. The molecule has 1 unspecified atom stereocenters. The maximum atomic E-state index is 12.1. The van der Waals surface area contributed by atoms with Gasteiger partial charge in [0.25, 0.3) is 0 Å². The predicted octanol–water partition coefficient (Wildman–Crippen LogP) is 2.69. The van der Waals surface area contributed by atoms with Gasteiger partial charge in [-0.1, -0.05) is 13.0 Å². The van der Waals surface area contributed by atoms with E-state index in [9.17, 15) is 4.79 Å². The Balaban J connectivity index is 2.11. The molecule has 2 rings (SSSR count). The Hall–Kier alpha value is -2.26. The van der Waals surface area contributed by atoms with Crippen molar-refractivity contribution in [1.82, 2.24) is 5.32 Å². The molecular weight excluding hydrogens is 296 g/mol. The molecule has 0 spiro atoms. The number of benzene rings is 1. The van der Waals surface area contributed by atoms with Crippen molar-refractivity contribution in [3.8, 4) is 17.6 Å². The van der Waals surface area contributed by atoms with Crippen LogP contribution in [0.5, 0.6) is 11.5 Å². The first kappa shape index (κ1) is 17.1. The molecule has 1 N–H and O–H groups in total. The zero-order valence-corrected chi connectivity index (χ0v) is 13.5. The first-order chi connectivity index (χ1) is 11.2. The number of carbonyl (C=O) groups excluding carboxylic acids is 1. The summed E-state index contributed by atoms with van der Waals surface area (Å²) in [5.74, 6) is 1.13. The third kappa shape index (κ3) is 4.36. The molecule has 0 fully saturated rings. The summed E-state index contributed by atoms with van der Waals surface area (Å²) in [4.78, 5) is 12.1. The van der Waals surface area contributed by atoms with E-state index in [0.717, 1.165) is 17.7 Å². The van der Waals surface area contributed by atoms with Gasteiger partial charge in [-0.2, -0.15) is 5.26 Å². The molecule has 0 saturated carbocycles. The van der Waals surface area contributed by atoms with Crippen molar-refractivity contribution in [2.24, 2.45) is 0 Å². The van der Waals surface area contributed by atoms with Crippen molar-refractivity contribution in [2.45, 2.75) is 45.2 Å². The summed E-state index contributed by atoms with van der Waals surface area (Å²) in [7, 11) is 0. The van der Waals surface area contributed by atoms with Gasteiger partial charge in [0.1, 0.15) is 6.04 Å². The van der Waals surface area contributed by atoms with E-state index in [1.54, 1.807) is 6.92 Å². The highest BCUT2D eigenvalue weighted by atomic mass is 16.7. The van der Waals surface area contributed by atoms with Crippen molar-refractivity contribution in [3.63, 3.8) is 0 Å². The molecule has 0 amide bonds. The molecule has 1 aromatic carbocycles. The minimum absolute atomic E-state index is 0.0300. The summed E-state index contributed by atoms with van der Waals surface area (Å²) >= 11 is 0. The number of rotatable bonds is 8. The predicted molar refractivity (Wildman–Crippen MR) is 84.0 cm³/mol.